The van der Waals surface area contributed by atoms with E-state index in [2.05, 4.69) is 48.0 Å². The lowest BCUT2D eigenvalue weighted by Gasteiger charge is -2.18. The summed E-state index contributed by atoms with van der Waals surface area (Å²) < 4.78 is 0. The Morgan fingerprint density at radius 3 is 2.63 bits per heavy atom. The number of hydrogen-bond donors (Lipinski definition) is 2. The van der Waals surface area contributed by atoms with Crippen LogP contribution in [0.25, 0.3) is 11.4 Å². The number of hydrogen-bond acceptors (Lipinski definition) is 3. The number of H-pyrrole nitrogens is 1. The highest BCUT2D eigenvalue weighted by Gasteiger charge is 2.19. The number of aromatic amines is 1. The van der Waals surface area contributed by atoms with Crippen LogP contribution >= 0.6 is 0 Å². The summed E-state index contributed by atoms with van der Waals surface area (Å²) in [5.74, 6) is 1.75. The van der Waals surface area contributed by atoms with Gasteiger partial charge in [-0.2, -0.15) is 0 Å². The van der Waals surface area contributed by atoms with Gasteiger partial charge in [0.05, 0.1) is 11.4 Å². The Hall–Kier alpha value is -1.84. The van der Waals surface area contributed by atoms with Crippen LogP contribution in [-0.2, 0) is 5.41 Å². The van der Waals surface area contributed by atoms with Crippen LogP contribution in [0.1, 0.15) is 39.9 Å². The van der Waals surface area contributed by atoms with E-state index < -0.39 is 0 Å². The van der Waals surface area contributed by atoms with Crippen molar-refractivity contribution >= 4 is 5.82 Å². The molecule has 19 heavy (non-hydrogen) atoms. The monoisotopic (exact) mass is 258 g/mol. The molecule has 0 aliphatic carbocycles. The number of nitrogens with zero attached hydrogens (tertiary/aromatic N) is 2. The van der Waals surface area contributed by atoms with Crippen molar-refractivity contribution in [3.63, 3.8) is 0 Å². The summed E-state index contributed by atoms with van der Waals surface area (Å²) in [6.45, 7) is 9.45. The molecular weight excluding hydrogens is 236 g/mol. The molecule has 0 aromatic carbocycles. The lowest BCUT2D eigenvalue weighted by atomic mass is 9.95. The minimum Gasteiger partial charge on any atom is -0.370 e. The van der Waals surface area contributed by atoms with E-state index in [1.165, 1.54) is 0 Å². The Balaban J connectivity index is 2.43. The molecule has 2 heterocycles. The summed E-state index contributed by atoms with van der Waals surface area (Å²) in [4.78, 5) is 12.5. The zero-order valence-corrected chi connectivity index (χ0v) is 12.1. The quantitative estimate of drug-likeness (QED) is 0.881. The molecule has 0 amide bonds. The van der Waals surface area contributed by atoms with Gasteiger partial charge in [-0.15, -0.1) is 0 Å². The number of anilines is 1. The molecule has 102 valence electrons. The largest absolute Gasteiger partial charge is 0.370 e. The minimum absolute atomic E-state index is 0.0642. The molecule has 0 unspecified atom stereocenters. The van der Waals surface area contributed by atoms with Gasteiger partial charge >= 0.3 is 0 Å². The predicted molar refractivity (Wildman–Crippen MR) is 79.3 cm³/mol. The average Bonchev–Trinajstić information content (AvgIpc) is 2.89. The summed E-state index contributed by atoms with van der Waals surface area (Å²) >= 11 is 0. The van der Waals surface area contributed by atoms with Crippen molar-refractivity contribution in [1.29, 1.82) is 0 Å². The van der Waals surface area contributed by atoms with Crippen LogP contribution < -0.4 is 5.32 Å². The summed E-state index contributed by atoms with van der Waals surface area (Å²) in [5, 5.41) is 3.34. The maximum absolute atomic E-state index is 4.67. The Bertz CT molecular complexity index is 524. The molecule has 0 spiro atoms. The SMILES string of the molecule is CCCNc1cc(-c2ccc[nH]2)nc(C(C)(C)C)n1. The van der Waals surface area contributed by atoms with Gasteiger partial charge in [0.15, 0.2) is 0 Å². The fraction of sp³-hybridized carbons (Fsp3) is 0.467. The van der Waals surface area contributed by atoms with E-state index in [9.17, 15) is 0 Å². The first-order valence-corrected chi connectivity index (χ1v) is 6.78. The van der Waals surface area contributed by atoms with Gasteiger partial charge in [0.2, 0.25) is 0 Å². The first-order valence-electron chi connectivity index (χ1n) is 6.78. The topological polar surface area (TPSA) is 53.6 Å². The van der Waals surface area contributed by atoms with Crippen LogP contribution in [0.2, 0.25) is 0 Å². The number of rotatable bonds is 4. The highest BCUT2D eigenvalue weighted by Crippen LogP contribution is 2.24. The van der Waals surface area contributed by atoms with Gasteiger partial charge in [-0.3, -0.25) is 0 Å². The second-order valence-corrected chi connectivity index (χ2v) is 5.72. The van der Waals surface area contributed by atoms with Crippen LogP contribution in [-0.4, -0.2) is 21.5 Å². The first kappa shape index (κ1) is 13.6. The Labute approximate surface area is 114 Å². The molecule has 2 aromatic rings. The van der Waals surface area contributed by atoms with Crippen LogP contribution in [0.4, 0.5) is 5.82 Å². The second kappa shape index (κ2) is 5.43. The highest BCUT2D eigenvalue weighted by molar-refractivity contribution is 5.59. The summed E-state index contributed by atoms with van der Waals surface area (Å²) in [5.41, 5.74) is 1.89. The van der Waals surface area contributed by atoms with Gasteiger partial charge in [0.1, 0.15) is 11.6 Å². The third kappa shape index (κ3) is 3.34. The van der Waals surface area contributed by atoms with Crippen molar-refractivity contribution < 1.29 is 0 Å². The van der Waals surface area contributed by atoms with Crippen molar-refractivity contribution in [1.82, 2.24) is 15.0 Å². The molecule has 0 saturated heterocycles. The molecule has 4 nitrogen and oxygen atoms in total. The molecule has 0 aliphatic heterocycles. The Morgan fingerprint density at radius 1 is 1.26 bits per heavy atom. The molecule has 0 bridgehead atoms. The zero-order chi connectivity index (χ0) is 13.9. The maximum Gasteiger partial charge on any atom is 0.136 e. The van der Waals surface area contributed by atoms with Crippen molar-refractivity contribution in [3.8, 4) is 11.4 Å². The van der Waals surface area contributed by atoms with Crippen molar-refractivity contribution in [2.75, 3.05) is 11.9 Å². The highest BCUT2D eigenvalue weighted by atomic mass is 15.0. The third-order valence-electron chi connectivity index (χ3n) is 2.83. The number of nitrogens with one attached hydrogen (secondary N) is 2. The fourth-order valence-electron chi connectivity index (χ4n) is 1.75. The van der Waals surface area contributed by atoms with E-state index in [0.29, 0.717) is 0 Å². The number of aromatic nitrogens is 3. The van der Waals surface area contributed by atoms with Crippen LogP contribution in [0.15, 0.2) is 24.4 Å². The average molecular weight is 258 g/mol. The van der Waals surface area contributed by atoms with Crippen molar-refractivity contribution in [3.05, 3.63) is 30.2 Å². The van der Waals surface area contributed by atoms with E-state index in [-0.39, 0.29) is 5.41 Å². The molecule has 0 saturated carbocycles. The smallest absolute Gasteiger partial charge is 0.136 e. The van der Waals surface area contributed by atoms with E-state index in [4.69, 9.17) is 0 Å². The van der Waals surface area contributed by atoms with Crippen molar-refractivity contribution in [2.45, 2.75) is 39.5 Å². The molecule has 0 aliphatic rings. The Morgan fingerprint density at radius 2 is 2.05 bits per heavy atom. The lowest BCUT2D eigenvalue weighted by molar-refractivity contribution is 0.546. The summed E-state index contributed by atoms with van der Waals surface area (Å²) in [6.07, 6.45) is 2.99. The van der Waals surface area contributed by atoms with Gasteiger partial charge in [-0.25, -0.2) is 9.97 Å². The summed E-state index contributed by atoms with van der Waals surface area (Å²) in [7, 11) is 0. The second-order valence-electron chi connectivity index (χ2n) is 5.72. The molecule has 2 aromatic heterocycles. The predicted octanol–water partition coefficient (Wildman–Crippen LogP) is 3.59. The maximum atomic E-state index is 4.67. The first-order chi connectivity index (χ1) is 9.00. The van der Waals surface area contributed by atoms with Gasteiger partial charge in [0, 0.05) is 24.2 Å². The van der Waals surface area contributed by atoms with Gasteiger partial charge in [0.25, 0.3) is 0 Å². The van der Waals surface area contributed by atoms with Crippen molar-refractivity contribution in [2.24, 2.45) is 0 Å². The molecular formula is C15H22N4. The molecule has 2 rings (SSSR count). The Kier molecular flexibility index (Phi) is 3.88. The van der Waals surface area contributed by atoms with Gasteiger partial charge < -0.3 is 10.3 Å². The molecule has 2 N–H and O–H groups in total. The van der Waals surface area contributed by atoms with E-state index in [1.807, 2.05) is 24.4 Å². The normalized spacial score (nSPS) is 11.6. The lowest BCUT2D eigenvalue weighted by Crippen LogP contribution is -2.18. The molecule has 0 fully saturated rings. The summed E-state index contributed by atoms with van der Waals surface area (Å²) in [6, 6.07) is 6.00. The standard InChI is InChI=1S/C15H22N4/c1-5-8-17-13-10-12(11-7-6-9-16-11)18-14(19-13)15(2,3)4/h6-7,9-10,16H,5,8H2,1-4H3,(H,17,18,19). The van der Waals surface area contributed by atoms with E-state index in [0.717, 1.165) is 36.0 Å². The fourth-order valence-corrected chi connectivity index (χ4v) is 1.75. The molecule has 4 heteroatoms. The van der Waals surface area contributed by atoms with Crippen LogP contribution in [0.3, 0.4) is 0 Å². The molecule has 0 radical (unpaired) electrons. The third-order valence-corrected chi connectivity index (χ3v) is 2.83. The minimum atomic E-state index is -0.0642. The van der Waals surface area contributed by atoms with E-state index >= 15 is 0 Å². The van der Waals surface area contributed by atoms with E-state index in [1.54, 1.807) is 0 Å². The van der Waals surface area contributed by atoms with Crippen LogP contribution in [0, 0.1) is 0 Å². The van der Waals surface area contributed by atoms with Gasteiger partial charge in [-0.1, -0.05) is 27.7 Å². The van der Waals surface area contributed by atoms with Gasteiger partial charge in [-0.05, 0) is 18.6 Å². The van der Waals surface area contributed by atoms with Crippen LogP contribution in [0.5, 0.6) is 0 Å². The zero-order valence-electron chi connectivity index (χ0n) is 12.1. The molecule has 0 atom stereocenters.